The summed E-state index contributed by atoms with van der Waals surface area (Å²) < 4.78 is 18.5. The van der Waals surface area contributed by atoms with Gasteiger partial charge in [0.15, 0.2) is 5.67 Å². The van der Waals surface area contributed by atoms with Crippen LogP contribution in [0.4, 0.5) is 10.4 Å². The van der Waals surface area contributed by atoms with E-state index < -0.39 is 5.67 Å². The van der Waals surface area contributed by atoms with E-state index >= 15 is 0 Å². The van der Waals surface area contributed by atoms with Crippen molar-refractivity contribution in [1.29, 1.82) is 0 Å². The molecule has 2 heterocycles. The lowest BCUT2D eigenvalue weighted by molar-refractivity contribution is 0.143. The molecule has 0 spiro atoms. The van der Waals surface area contributed by atoms with Gasteiger partial charge in [0, 0.05) is 13.1 Å². The molecule has 1 fully saturated rings. The van der Waals surface area contributed by atoms with Crippen molar-refractivity contribution in [2.75, 3.05) is 18.0 Å². The Labute approximate surface area is 93.2 Å². The number of hydrogen-bond acceptors (Lipinski definition) is 5. The molecule has 0 amide bonds. The lowest BCUT2D eigenvalue weighted by Gasteiger charge is -2.27. The molecule has 0 bridgehead atoms. The second-order valence-corrected chi connectivity index (χ2v) is 4.59. The van der Waals surface area contributed by atoms with E-state index in [9.17, 15) is 9.50 Å². The van der Waals surface area contributed by atoms with E-state index in [0.29, 0.717) is 31.9 Å². The van der Waals surface area contributed by atoms with E-state index in [0.717, 1.165) is 0 Å². The van der Waals surface area contributed by atoms with E-state index in [1.165, 1.54) is 13.8 Å². The van der Waals surface area contributed by atoms with Crippen LogP contribution in [0.5, 0.6) is 0 Å². The third-order valence-corrected chi connectivity index (χ3v) is 2.68. The number of alkyl halides is 1. The minimum Gasteiger partial charge on any atom is -0.393 e. The fourth-order valence-corrected chi connectivity index (χ4v) is 1.64. The number of aliphatic hydroxyl groups is 1. The summed E-state index contributed by atoms with van der Waals surface area (Å²) in [5, 5.41) is 13.0. The molecule has 0 aromatic carbocycles. The van der Waals surface area contributed by atoms with Gasteiger partial charge in [-0.1, -0.05) is 5.16 Å². The molecule has 2 rings (SSSR count). The number of piperidine rings is 1. The molecular weight excluding hydrogens is 213 g/mol. The summed E-state index contributed by atoms with van der Waals surface area (Å²) in [7, 11) is 0. The van der Waals surface area contributed by atoms with Crippen molar-refractivity contribution in [2.24, 2.45) is 0 Å². The summed E-state index contributed by atoms with van der Waals surface area (Å²) in [6.45, 7) is 4.11. The maximum atomic E-state index is 13.5. The monoisotopic (exact) mass is 229 g/mol. The van der Waals surface area contributed by atoms with Crippen molar-refractivity contribution in [2.45, 2.75) is 38.5 Å². The van der Waals surface area contributed by atoms with E-state index in [-0.39, 0.29) is 11.9 Å². The topological polar surface area (TPSA) is 62.4 Å². The Morgan fingerprint density at radius 1 is 1.44 bits per heavy atom. The molecule has 1 aliphatic heterocycles. The summed E-state index contributed by atoms with van der Waals surface area (Å²) in [6.07, 6.45) is 1.10. The van der Waals surface area contributed by atoms with Gasteiger partial charge in [-0.15, -0.1) is 0 Å². The molecule has 1 aliphatic rings. The average molecular weight is 229 g/mol. The lowest BCUT2D eigenvalue weighted by Crippen LogP contribution is -2.36. The summed E-state index contributed by atoms with van der Waals surface area (Å²) >= 11 is 0. The molecule has 6 heteroatoms. The van der Waals surface area contributed by atoms with Gasteiger partial charge in [-0.05, 0) is 26.7 Å². The van der Waals surface area contributed by atoms with Gasteiger partial charge in [0.2, 0.25) is 5.82 Å². The first-order valence-electron chi connectivity index (χ1n) is 5.43. The van der Waals surface area contributed by atoms with Gasteiger partial charge in [0.05, 0.1) is 6.10 Å². The lowest BCUT2D eigenvalue weighted by atomic mass is 10.1. The summed E-state index contributed by atoms with van der Waals surface area (Å²) in [5.41, 5.74) is -1.59. The molecule has 1 saturated heterocycles. The van der Waals surface area contributed by atoms with Crippen LogP contribution in [0.25, 0.3) is 0 Å². The van der Waals surface area contributed by atoms with E-state index in [1.54, 1.807) is 0 Å². The van der Waals surface area contributed by atoms with Gasteiger partial charge < -0.3 is 14.5 Å². The van der Waals surface area contributed by atoms with Gasteiger partial charge in [-0.3, -0.25) is 0 Å². The van der Waals surface area contributed by atoms with Crippen LogP contribution in [0.1, 0.15) is 32.5 Å². The Balaban J connectivity index is 2.08. The summed E-state index contributed by atoms with van der Waals surface area (Å²) in [5.74, 6) is 0.0635. The first kappa shape index (κ1) is 11.3. The first-order chi connectivity index (χ1) is 7.47. The van der Waals surface area contributed by atoms with Crippen LogP contribution in [-0.2, 0) is 5.67 Å². The molecule has 0 saturated carbocycles. The van der Waals surface area contributed by atoms with Crippen molar-refractivity contribution in [3.8, 4) is 0 Å². The Hall–Kier alpha value is -1.17. The third-order valence-electron chi connectivity index (χ3n) is 2.68. The fourth-order valence-electron chi connectivity index (χ4n) is 1.64. The molecule has 5 nitrogen and oxygen atoms in total. The van der Waals surface area contributed by atoms with Crippen LogP contribution in [0.15, 0.2) is 4.52 Å². The number of halogens is 1. The van der Waals surface area contributed by atoms with Crippen LogP contribution >= 0.6 is 0 Å². The molecule has 16 heavy (non-hydrogen) atoms. The number of aliphatic hydroxyl groups excluding tert-OH is 1. The first-order valence-corrected chi connectivity index (χ1v) is 5.43. The Morgan fingerprint density at radius 2 is 2.06 bits per heavy atom. The molecular formula is C10H16FN3O2. The quantitative estimate of drug-likeness (QED) is 0.826. The maximum Gasteiger partial charge on any atom is 0.324 e. The second-order valence-electron chi connectivity index (χ2n) is 4.59. The van der Waals surface area contributed by atoms with Gasteiger partial charge in [-0.2, -0.15) is 4.98 Å². The highest BCUT2D eigenvalue weighted by Crippen LogP contribution is 2.25. The zero-order valence-corrected chi connectivity index (χ0v) is 9.48. The molecule has 0 aliphatic carbocycles. The van der Waals surface area contributed by atoms with Crippen LogP contribution in [0.2, 0.25) is 0 Å². The molecule has 1 aromatic rings. The normalized spacial score (nSPS) is 19.1. The highest BCUT2D eigenvalue weighted by molar-refractivity contribution is 5.26. The van der Waals surface area contributed by atoms with Crippen LogP contribution in [0, 0.1) is 0 Å². The predicted molar refractivity (Wildman–Crippen MR) is 55.9 cm³/mol. The standard InChI is InChI=1S/C10H16FN3O2/c1-10(2,11)8-12-9(16-13-8)14-5-3-7(15)4-6-14/h7,15H,3-6H2,1-2H3. The van der Waals surface area contributed by atoms with Crippen molar-refractivity contribution < 1.29 is 14.0 Å². The molecule has 90 valence electrons. The zero-order chi connectivity index (χ0) is 11.8. The number of aromatic nitrogens is 2. The average Bonchev–Trinajstić information content (AvgIpc) is 2.67. The minimum absolute atomic E-state index is 0.0635. The Morgan fingerprint density at radius 3 is 2.56 bits per heavy atom. The molecule has 1 aromatic heterocycles. The van der Waals surface area contributed by atoms with E-state index in [4.69, 9.17) is 4.52 Å². The van der Waals surface area contributed by atoms with Crippen molar-refractivity contribution in [1.82, 2.24) is 10.1 Å². The van der Waals surface area contributed by atoms with Crippen LogP contribution < -0.4 is 4.90 Å². The van der Waals surface area contributed by atoms with Gasteiger partial charge >= 0.3 is 6.01 Å². The molecule has 0 atom stereocenters. The highest BCUT2D eigenvalue weighted by Gasteiger charge is 2.28. The van der Waals surface area contributed by atoms with Crippen molar-refractivity contribution in [3.63, 3.8) is 0 Å². The second kappa shape index (κ2) is 4.01. The van der Waals surface area contributed by atoms with Crippen LogP contribution in [0.3, 0.4) is 0 Å². The number of hydrogen-bond donors (Lipinski definition) is 1. The van der Waals surface area contributed by atoms with E-state index in [1.807, 2.05) is 4.90 Å². The van der Waals surface area contributed by atoms with Crippen molar-refractivity contribution in [3.05, 3.63) is 5.82 Å². The Kier molecular flexibility index (Phi) is 2.84. The highest BCUT2D eigenvalue weighted by atomic mass is 19.1. The summed E-state index contributed by atoms with van der Waals surface area (Å²) in [4.78, 5) is 5.89. The molecule has 0 unspecified atom stereocenters. The van der Waals surface area contributed by atoms with E-state index in [2.05, 4.69) is 10.1 Å². The number of anilines is 1. The minimum atomic E-state index is -1.59. The predicted octanol–water partition coefficient (Wildman–Crippen LogP) is 1.24. The maximum absolute atomic E-state index is 13.5. The molecule has 1 N–H and O–H groups in total. The number of nitrogens with zero attached hydrogens (tertiary/aromatic N) is 3. The van der Waals surface area contributed by atoms with Crippen LogP contribution in [-0.4, -0.2) is 34.4 Å². The summed E-state index contributed by atoms with van der Waals surface area (Å²) in [6, 6.07) is 0.340. The van der Waals surface area contributed by atoms with Gasteiger partial charge in [-0.25, -0.2) is 4.39 Å². The zero-order valence-electron chi connectivity index (χ0n) is 9.48. The van der Waals surface area contributed by atoms with Crippen molar-refractivity contribution >= 4 is 6.01 Å². The number of rotatable bonds is 2. The van der Waals surface area contributed by atoms with Gasteiger partial charge in [0.25, 0.3) is 0 Å². The third kappa shape index (κ3) is 2.32. The van der Waals surface area contributed by atoms with Gasteiger partial charge in [0.1, 0.15) is 0 Å². The smallest absolute Gasteiger partial charge is 0.324 e. The SMILES string of the molecule is CC(C)(F)c1noc(N2CCC(O)CC2)n1. The Bertz CT molecular complexity index is 353. The fraction of sp³-hybridized carbons (Fsp3) is 0.800. The molecule has 0 radical (unpaired) electrons. The largest absolute Gasteiger partial charge is 0.393 e.